The number of ether oxygens (including phenoxy) is 6. The largest absolute Gasteiger partial charge is 0.477 e. The fourth-order valence-electron chi connectivity index (χ4n) is 11.1. The Hall–Kier alpha value is -2.88. The van der Waals surface area contributed by atoms with Crippen LogP contribution in [0.25, 0.3) is 0 Å². The number of likely N-dealkylation sites (N-methyl/N-ethyl adjacent to an activating group) is 1. The zero-order valence-electron chi connectivity index (χ0n) is 44.4. The van der Waals surface area contributed by atoms with Crippen LogP contribution in [0.1, 0.15) is 108 Å². The Morgan fingerprint density at radius 1 is 1.00 bits per heavy atom. The molecule has 0 unspecified atom stereocenters. The standard InChI is InChI=1S/C37H67NO13.C12H17N3O4S.H2O/c1-14-25-37(10,45)30(41)20(4)27(39)18(2)16-35(8,44)32(51-34-28(40)24(38(11)12)15-19(3)47-34)21(5)29(22(6)33(43)49-25)50-26-17-36(9,46-13)31(42)23(7)48-26;1-6(16)9-7-4-8(20-3-2-14-5-13)10(12(18)19)15(7)11(9)17;/h18-26,28-32,34,40-42,44-45H,14-17H2,1-13H3;5-7,9,16H,2-4H2,1H3,(H2,13,14)(H,18,19);1H2/t18-,19-,20+,21+,22-,23+,24+,25-,26+,28-,29+,30-,31+,32-,34+,35-,36-,37-;6-,7-,9-;/m11./s1. The summed E-state index contributed by atoms with van der Waals surface area (Å²) in [5.74, 6) is -6.27. The van der Waals surface area contributed by atoms with Gasteiger partial charge in [-0.05, 0) is 81.8 Å². The normalized spacial score (nSPS) is 42.5. The van der Waals surface area contributed by atoms with Gasteiger partial charge in [-0.2, -0.15) is 0 Å². The number of carboxylic acid groups (broad SMARTS) is 1. The Labute approximate surface area is 428 Å². The van der Waals surface area contributed by atoms with Crippen molar-refractivity contribution in [3.63, 3.8) is 0 Å². The summed E-state index contributed by atoms with van der Waals surface area (Å²) in [5.41, 5.74) is -4.79. The number of ketones is 1. The number of aliphatic hydroxyl groups is 6. The van der Waals surface area contributed by atoms with Crippen molar-refractivity contribution in [1.29, 1.82) is 5.41 Å². The minimum atomic E-state index is -1.99. The zero-order chi connectivity index (χ0) is 53.8. The SMILES string of the molecule is CC[C@H]1OC(=O)[C@H](C)[C@@H](O[C@H]2C[C@@](C)(OC)[C@@H](O)[C@H](C)O2)[C@H](C)[C@@H](O[C@@H]2O[C@H](C)C[C@H](N(C)C)[C@H]2O)[C@](C)(O)C[C@@H](C)C(=O)[C@H](C)[C@@H](O)[C@]1(C)O.C[C@@H](O)[C@H]1C(=O)N2C(C(=O)O)=C(SCCNC=N)C[C@H]12.O. The van der Waals surface area contributed by atoms with Gasteiger partial charge in [0.1, 0.15) is 35.4 Å². The highest BCUT2D eigenvalue weighted by molar-refractivity contribution is 8.03. The lowest BCUT2D eigenvalue weighted by Crippen LogP contribution is -2.61. The Morgan fingerprint density at radius 2 is 1.62 bits per heavy atom. The van der Waals surface area contributed by atoms with Gasteiger partial charge in [-0.3, -0.25) is 19.8 Å². The number of Topliss-reactive ketones (excluding diaryl/α,β-unsaturated/α-hetero) is 1. The first kappa shape index (κ1) is 63.4. The van der Waals surface area contributed by atoms with E-state index in [0.717, 1.165) is 6.34 Å². The average molecular weight is 1050 g/mol. The third-order valence-electron chi connectivity index (χ3n) is 15.3. The van der Waals surface area contributed by atoms with Gasteiger partial charge in [0.05, 0.1) is 72.0 Å². The second kappa shape index (κ2) is 25.8. The number of hydrogen-bond acceptors (Lipinski definition) is 19. The van der Waals surface area contributed by atoms with E-state index in [1.807, 2.05) is 25.9 Å². The van der Waals surface area contributed by atoms with Crippen molar-refractivity contribution in [3.8, 4) is 0 Å². The molecule has 0 aromatic carbocycles. The lowest BCUT2D eigenvalue weighted by molar-refractivity contribution is -0.318. The number of rotatable bonds is 14. The number of hydrogen-bond donors (Lipinski definition) is 9. The number of carbonyl (C=O) groups is 4. The van der Waals surface area contributed by atoms with Crippen LogP contribution in [0.15, 0.2) is 10.6 Å². The molecule has 1 amide bonds. The first-order valence-corrected chi connectivity index (χ1v) is 25.8. The monoisotopic (exact) mass is 1050 g/mol. The molecule has 4 saturated heterocycles. The number of aliphatic carboxylic acids is 1. The van der Waals surface area contributed by atoms with Crippen molar-refractivity contribution in [2.75, 3.05) is 33.5 Å². The van der Waals surface area contributed by atoms with Gasteiger partial charge in [0.2, 0.25) is 5.91 Å². The molecule has 23 heteroatoms. The van der Waals surface area contributed by atoms with E-state index in [1.165, 1.54) is 44.5 Å². The van der Waals surface area contributed by atoms with Crippen LogP contribution in [0.4, 0.5) is 0 Å². The summed E-state index contributed by atoms with van der Waals surface area (Å²) in [5, 5.41) is 86.0. The maximum Gasteiger partial charge on any atom is 0.353 e. The number of amides is 1. The van der Waals surface area contributed by atoms with Crippen LogP contribution in [-0.2, 0) is 47.6 Å². The summed E-state index contributed by atoms with van der Waals surface area (Å²) in [4.78, 5) is 55.0. The molecular weight excluding hydrogens is 965 g/mol. The molecule has 11 N–H and O–H groups in total. The third kappa shape index (κ3) is 13.7. The number of fused-ring (bicyclic) bond motifs is 1. The van der Waals surface area contributed by atoms with Gasteiger partial charge in [-0.25, -0.2) is 4.79 Å². The summed E-state index contributed by atoms with van der Waals surface area (Å²) >= 11 is 1.38. The van der Waals surface area contributed by atoms with Crippen LogP contribution in [0.3, 0.4) is 0 Å². The van der Waals surface area contributed by atoms with Gasteiger partial charge in [0, 0.05) is 60.9 Å². The summed E-state index contributed by atoms with van der Waals surface area (Å²) in [6.07, 6.45) is -8.90. The van der Waals surface area contributed by atoms with Crippen LogP contribution >= 0.6 is 11.8 Å². The second-order valence-corrected chi connectivity index (χ2v) is 22.4. The molecule has 0 radical (unpaired) electrons. The highest BCUT2D eigenvalue weighted by atomic mass is 32.2. The molecule has 5 aliphatic heterocycles. The van der Waals surface area contributed by atoms with Crippen molar-refractivity contribution in [2.24, 2.45) is 29.6 Å². The van der Waals surface area contributed by atoms with E-state index in [0.29, 0.717) is 30.0 Å². The minimum Gasteiger partial charge on any atom is -0.477 e. The van der Waals surface area contributed by atoms with Gasteiger partial charge >= 0.3 is 11.9 Å². The highest BCUT2D eigenvalue weighted by Gasteiger charge is 2.57. The molecule has 0 bridgehead atoms. The number of aliphatic hydroxyl groups excluding tert-OH is 4. The Kier molecular flexibility index (Phi) is 22.7. The topological polar surface area (TPSA) is 339 Å². The van der Waals surface area contributed by atoms with E-state index in [4.69, 9.17) is 33.8 Å². The molecule has 5 heterocycles. The molecule has 0 aromatic rings. The van der Waals surface area contributed by atoms with Gasteiger partial charge in [-0.1, -0.05) is 27.7 Å². The van der Waals surface area contributed by atoms with Crippen molar-refractivity contribution in [2.45, 2.75) is 205 Å². The second-order valence-electron chi connectivity index (χ2n) is 21.2. The first-order chi connectivity index (χ1) is 32.9. The molecule has 0 aliphatic carbocycles. The molecule has 0 spiro atoms. The summed E-state index contributed by atoms with van der Waals surface area (Å²) in [6.45, 7) is 18.4. The number of methoxy groups -OCH3 is 1. The molecule has 22 nitrogen and oxygen atoms in total. The Bertz CT molecular complexity index is 1890. The summed E-state index contributed by atoms with van der Waals surface area (Å²) in [7, 11) is 5.18. The van der Waals surface area contributed by atoms with Crippen LogP contribution in [0, 0.1) is 35.0 Å². The molecule has 5 aliphatic rings. The van der Waals surface area contributed by atoms with Crippen LogP contribution in [0.5, 0.6) is 0 Å². The van der Waals surface area contributed by atoms with Gasteiger partial charge in [0.15, 0.2) is 12.6 Å². The van der Waals surface area contributed by atoms with E-state index in [-0.39, 0.29) is 54.5 Å². The van der Waals surface area contributed by atoms with E-state index in [9.17, 15) is 54.9 Å². The van der Waals surface area contributed by atoms with Crippen molar-refractivity contribution in [1.82, 2.24) is 15.1 Å². The van der Waals surface area contributed by atoms with Crippen LogP contribution < -0.4 is 5.32 Å². The Morgan fingerprint density at radius 3 is 2.17 bits per heavy atom. The van der Waals surface area contributed by atoms with Gasteiger partial charge in [-0.15, -0.1) is 11.8 Å². The average Bonchev–Trinajstić information content (AvgIpc) is 3.62. The van der Waals surface area contributed by atoms with E-state index in [2.05, 4.69) is 5.32 Å². The molecule has 416 valence electrons. The van der Waals surface area contributed by atoms with Gasteiger partial charge < -0.3 is 84.8 Å². The lowest BCUT2D eigenvalue weighted by Gasteiger charge is -2.49. The fraction of sp³-hybridized carbons (Fsp3) is 0.857. The molecule has 72 heavy (non-hydrogen) atoms. The van der Waals surface area contributed by atoms with E-state index in [1.54, 1.807) is 48.5 Å². The number of nitrogens with zero attached hydrogens (tertiary/aromatic N) is 2. The highest BCUT2D eigenvalue weighted by Crippen LogP contribution is 2.47. The first-order valence-electron chi connectivity index (χ1n) is 24.8. The number of nitrogens with one attached hydrogen (secondary N) is 2. The molecular formula is C49H86N4O18S. The summed E-state index contributed by atoms with van der Waals surface area (Å²) < 4.78 is 37.1. The quantitative estimate of drug-likeness (QED) is 0.0382. The zero-order valence-corrected chi connectivity index (χ0v) is 45.3. The number of carboxylic acids is 1. The molecule has 0 saturated carbocycles. The van der Waals surface area contributed by atoms with Gasteiger partial charge in [0.25, 0.3) is 0 Å². The van der Waals surface area contributed by atoms with Crippen LogP contribution in [0.2, 0.25) is 0 Å². The van der Waals surface area contributed by atoms with Crippen molar-refractivity contribution in [3.05, 3.63) is 10.6 Å². The molecule has 4 fully saturated rings. The van der Waals surface area contributed by atoms with Crippen LogP contribution in [-0.4, -0.2) is 211 Å². The van der Waals surface area contributed by atoms with E-state index < -0.39 is 126 Å². The summed E-state index contributed by atoms with van der Waals surface area (Å²) in [6, 6.07) is -0.554. The van der Waals surface area contributed by atoms with Crippen molar-refractivity contribution >= 4 is 41.7 Å². The van der Waals surface area contributed by atoms with Crippen molar-refractivity contribution < 1.29 is 88.8 Å². The number of β-lactam (4-membered cyclic amide) rings is 1. The molecule has 21 atom stereocenters. The predicted octanol–water partition coefficient (Wildman–Crippen LogP) is 0.785. The molecule has 5 rings (SSSR count). The lowest BCUT2D eigenvalue weighted by atomic mass is 9.74. The number of esters is 1. The fourth-order valence-corrected chi connectivity index (χ4v) is 12.2. The number of thioether (sulfide) groups is 1. The van der Waals surface area contributed by atoms with E-state index >= 15 is 0 Å². The smallest absolute Gasteiger partial charge is 0.353 e. The molecule has 0 aromatic heterocycles. The maximum atomic E-state index is 14.1. The maximum absolute atomic E-state index is 14.1. The minimum absolute atomic E-state index is 0. The number of cyclic esters (lactones) is 1. The third-order valence-corrected chi connectivity index (χ3v) is 16.5. The predicted molar refractivity (Wildman–Crippen MR) is 264 cm³/mol. The Balaban J connectivity index is 0.000000542. The number of carbonyl (C=O) groups excluding carboxylic acids is 3.